The van der Waals surface area contributed by atoms with Crippen LogP contribution < -0.4 is 11.1 Å². The smallest absolute Gasteiger partial charge is 0.221 e. The van der Waals surface area contributed by atoms with E-state index < -0.39 is 0 Å². The van der Waals surface area contributed by atoms with Gasteiger partial charge in [0, 0.05) is 31.6 Å². The summed E-state index contributed by atoms with van der Waals surface area (Å²) in [6.07, 6.45) is 2.71. The molecule has 0 heterocycles. The van der Waals surface area contributed by atoms with E-state index in [-0.39, 0.29) is 11.8 Å². The Hall–Kier alpha value is -0.610. The van der Waals surface area contributed by atoms with Crippen LogP contribution in [0.1, 0.15) is 26.7 Å². The minimum absolute atomic E-state index is 0.0685. The summed E-state index contributed by atoms with van der Waals surface area (Å²) in [6, 6.07) is 0.824. The van der Waals surface area contributed by atoms with Crippen molar-refractivity contribution in [1.82, 2.24) is 10.2 Å². The topological polar surface area (TPSA) is 58.4 Å². The third-order valence-electron chi connectivity index (χ3n) is 2.98. The Bertz CT molecular complexity index is 204. The van der Waals surface area contributed by atoms with Gasteiger partial charge in [-0.2, -0.15) is 0 Å². The molecule has 0 aromatic heterocycles. The van der Waals surface area contributed by atoms with Crippen LogP contribution >= 0.6 is 0 Å². The van der Waals surface area contributed by atoms with Crippen LogP contribution in [0, 0.1) is 5.92 Å². The Kier molecular flexibility index (Phi) is 5.05. The predicted molar refractivity (Wildman–Crippen MR) is 61.5 cm³/mol. The molecule has 0 aromatic carbocycles. The van der Waals surface area contributed by atoms with E-state index in [1.54, 1.807) is 0 Å². The van der Waals surface area contributed by atoms with Crippen molar-refractivity contribution < 1.29 is 4.79 Å². The van der Waals surface area contributed by atoms with E-state index in [1.807, 2.05) is 6.92 Å². The third kappa shape index (κ3) is 4.62. The van der Waals surface area contributed by atoms with E-state index in [1.165, 1.54) is 12.8 Å². The lowest BCUT2D eigenvalue weighted by atomic mass is 10.2. The van der Waals surface area contributed by atoms with Gasteiger partial charge in [-0.15, -0.1) is 0 Å². The number of nitrogens with zero attached hydrogens (tertiary/aromatic N) is 1. The van der Waals surface area contributed by atoms with Crippen molar-refractivity contribution in [3.63, 3.8) is 0 Å². The first-order valence-corrected chi connectivity index (χ1v) is 5.89. The number of hydrogen-bond donors (Lipinski definition) is 2. The highest BCUT2D eigenvalue weighted by molar-refractivity contribution is 5.76. The summed E-state index contributed by atoms with van der Waals surface area (Å²) in [4.78, 5) is 13.3. The largest absolute Gasteiger partial charge is 0.369 e. The number of rotatable bonds is 8. The van der Waals surface area contributed by atoms with Gasteiger partial charge in [0.25, 0.3) is 0 Å². The lowest BCUT2D eigenvalue weighted by molar-refractivity contribution is -0.121. The fourth-order valence-corrected chi connectivity index (χ4v) is 1.68. The van der Waals surface area contributed by atoms with E-state index in [0.717, 1.165) is 25.7 Å². The van der Waals surface area contributed by atoms with Crippen molar-refractivity contribution >= 4 is 5.91 Å². The molecular weight excluding hydrogens is 190 g/mol. The molecule has 1 atom stereocenters. The van der Waals surface area contributed by atoms with Gasteiger partial charge in [-0.25, -0.2) is 0 Å². The summed E-state index contributed by atoms with van der Waals surface area (Å²) in [5, 5.41) is 3.27. The Morgan fingerprint density at radius 3 is 2.73 bits per heavy atom. The van der Waals surface area contributed by atoms with Crippen LogP contribution in [0.2, 0.25) is 0 Å². The molecule has 3 N–H and O–H groups in total. The zero-order valence-corrected chi connectivity index (χ0v) is 9.83. The zero-order valence-electron chi connectivity index (χ0n) is 9.83. The second-order valence-corrected chi connectivity index (χ2v) is 4.37. The van der Waals surface area contributed by atoms with Crippen LogP contribution in [-0.2, 0) is 4.79 Å². The monoisotopic (exact) mass is 213 g/mol. The van der Waals surface area contributed by atoms with Gasteiger partial charge in [0.1, 0.15) is 0 Å². The van der Waals surface area contributed by atoms with Crippen LogP contribution in [0.4, 0.5) is 0 Å². The maximum absolute atomic E-state index is 10.8. The van der Waals surface area contributed by atoms with E-state index in [9.17, 15) is 4.79 Å². The molecule has 1 saturated carbocycles. The van der Waals surface area contributed by atoms with Crippen LogP contribution in [0.5, 0.6) is 0 Å². The molecule has 1 fully saturated rings. The summed E-state index contributed by atoms with van der Waals surface area (Å²) in [7, 11) is 0. The first-order valence-electron chi connectivity index (χ1n) is 5.89. The summed E-state index contributed by atoms with van der Waals surface area (Å²) < 4.78 is 0. The molecule has 0 bridgehead atoms. The Balaban J connectivity index is 2.02. The van der Waals surface area contributed by atoms with Crippen molar-refractivity contribution in [2.75, 3.05) is 26.2 Å². The second-order valence-electron chi connectivity index (χ2n) is 4.37. The third-order valence-corrected chi connectivity index (χ3v) is 2.98. The van der Waals surface area contributed by atoms with Crippen LogP contribution in [0.15, 0.2) is 0 Å². The summed E-state index contributed by atoms with van der Waals surface area (Å²) >= 11 is 0. The molecule has 0 radical (unpaired) electrons. The van der Waals surface area contributed by atoms with Crippen molar-refractivity contribution in [3.05, 3.63) is 0 Å². The highest BCUT2D eigenvalue weighted by Gasteiger charge is 2.26. The average molecular weight is 213 g/mol. The molecule has 15 heavy (non-hydrogen) atoms. The fourth-order valence-electron chi connectivity index (χ4n) is 1.68. The highest BCUT2D eigenvalue weighted by atomic mass is 16.1. The minimum Gasteiger partial charge on any atom is -0.369 e. The van der Waals surface area contributed by atoms with Crippen LogP contribution in [-0.4, -0.2) is 43.0 Å². The SMILES string of the molecule is CCN(CCNCC(C)C(N)=O)C1CC1. The van der Waals surface area contributed by atoms with Crippen molar-refractivity contribution in [2.24, 2.45) is 11.7 Å². The predicted octanol–water partition coefficient (Wildman–Crippen LogP) is 0.182. The van der Waals surface area contributed by atoms with Gasteiger partial charge < -0.3 is 11.1 Å². The van der Waals surface area contributed by atoms with Gasteiger partial charge in [0.05, 0.1) is 0 Å². The number of likely N-dealkylation sites (N-methyl/N-ethyl adjacent to an activating group) is 1. The number of amides is 1. The van der Waals surface area contributed by atoms with Gasteiger partial charge in [0.2, 0.25) is 5.91 Å². The highest BCUT2D eigenvalue weighted by Crippen LogP contribution is 2.25. The summed E-state index contributed by atoms with van der Waals surface area (Å²) in [5.41, 5.74) is 5.17. The molecule has 0 spiro atoms. The maximum Gasteiger partial charge on any atom is 0.221 e. The van der Waals surface area contributed by atoms with Crippen molar-refractivity contribution in [2.45, 2.75) is 32.7 Å². The number of carbonyl (C=O) groups is 1. The van der Waals surface area contributed by atoms with Crippen LogP contribution in [0.3, 0.4) is 0 Å². The number of primary amides is 1. The molecule has 4 nitrogen and oxygen atoms in total. The molecule has 1 aliphatic rings. The number of carbonyl (C=O) groups excluding carboxylic acids is 1. The first-order chi connectivity index (χ1) is 7.15. The van der Waals surface area contributed by atoms with E-state index in [2.05, 4.69) is 17.1 Å². The molecule has 1 amide bonds. The molecule has 1 rings (SSSR count). The van der Waals surface area contributed by atoms with E-state index in [4.69, 9.17) is 5.73 Å². The van der Waals surface area contributed by atoms with Crippen LogP contribution in [0.25, 0.3) is 0 Å². The maximum atomic E-state index is 10.8. The Morgan fingerprint density at radius 2 is 2.27 bits per heavy atom. The molecule has 1 aliphatic carbocycles. The van der Waals surface area contributed by atoms with Crippen molar-refractivity contribution in [1.29, 1.82) is 0 Å². The zero-order chi connectivity index (χ0) is 11.3. The lowest BCUT2D eigenvalue weighted by Gasteiger charge is -2.20. The standard InChI is InChI=1S/C11H23N3O/c1-3-14(10-4-5-10)7-6-13-8-9(2)11(12)15/h9-10,13H,3-8H2,1-2H3,(H2,12,15). The number of nitrogens with two attached hydrogens (primary N) is 1. The average Bonchev–Trinajstić information content (AvgIpc) is 3.01. The van der Waals surface area contributed by atoms with E-state index in [0.29, 0.717) is 6.54 Å². The Labute approximate surface area is 92.2 Å². The molecule has 1 unspecified atom stereocenters. The first kappa shape index (κ1) is 12.5. The lowest BCUT2D eigenvalue weighted by Crippen LogP contribution is -2.37. The molecule has 0 aromatic rings. The normalized spacial score (nSPS) is 18.1. The molecule has 4 heteroatoms. The van der Waals surface area contributed by atoms with Gasteiger partial charge >= 0.3 is 0 Å². The van der Waals surface area contributed by atoms with Crippen molar-refractivity contribution in [3.8, 4) is 0 Å². The molecule has 0 saturated heterocycles. The number of hydrogen-bond acceptors (Lipinski definition) is 3. The quantitative estimate of drug-likeness (QED) is 0.566. The molecule has 88 valence electrons. The minimum atomic E-state index is -0.225. The molecular formula is C11H23N3O. The summed E-state index contributed by atoms with van der Waals surface area (Å²) in [6.45, 7) is 7.89. The fraction of sp³-hybridized carbons (Fsp3) is 0.909. The second kappa shape index (κ2) is 6.08. The van der Waals surface area contributed by atoms with Gasteiger partial charge in [0.15, 0.2) is 0 Å². The van der Waals surface area contributed by atoms with E-state index >= 15 is 0 Å². The summed E-state index contributed by atoms with van der Waals surface area (Å²) in [5.74, 6) is -0.293. The van der Waals surface area contributed by atoms with Gasteiger partial charge in [-0.1, -0.05) is 13.8 Å². The van der Waals surface area contributed by atoms with Gasteiger partial charge in [-0.3, -0.25) is 9.69 Å². The molecule has 0 aliphatic heterocycles. The number of nitrogens with one attached hydrogen (secondary N) is 1. The Morgan fingerprint density at radius 1 is 1.60 bits per heavy atom. The van der Waals surface area contributed by atoms with Gasteiger partial charge in [-0.05, 0) is 19.4 Å².